The van der Waals surface area contributed by atoms with Crippen LogP contribution in [0.1, 0.15) is 37.0 Å². The van der Waals surface area contributed by atoms with Gasteiger partial charge in [0.15, 0.2) is 0 Å². The number of piperazine rings is 1. The zero-order chi connectivity index (χ0) is 15.5. The molecule has 6 heteroatoms. The van der Waals surface area contributed by atoms with E-state index in [2.05, 4.69) is 46.2 Å². The lowest BCUT2D eigenvalue weighted by atomic mass is 10.2. The molecule has 0 N–H and O–H groups in total. The van der Waals surface area contributed by atoms with Gasteiger partial charge in [-0.25, -0.2) is 0 Å². The van der Waals surface area contributed by atoms with Gasteiger partial charge >= 0.3 is 0 Å². The van der Waals surface area contributed by atoms with Crippen molar-refractivity contribution in [2.45, 2.75) is 39.9 Å². The van der Waals surface area contributed by atoms with E-state index in [0.717, 1.165) is 56.4 Å². The molecule has 0 unspecified atom stereocenters. The van der Waals surface area contributed by atoms with Gasteiger partial charge in [-0.2, -0.15) is 5.10 Å². The summed E-state index contributed by atoms with van der Waals surface area (Å²) in [6, 6.07) is 4.58. The minimum Gasteiger partial charge on any atom is -0.361 e. The van der Waals surface area contributed by atoms with Crippen molar-refractivity contribution in [1.29, 1.82) is 0 Å². The molecule has 3 rings (SSSR count). The molecule has 0 amide bonds. The van der Waals surface area contributed by atoms with Gasteiger partial charge < -0.3 is 4.52 Å². The average Bonchev–Trinajstić information content (AvgIpc) is 3.10. The van der Waals surface area contributed by atoms with E-state index in [0.29, 0.717) is 6.04 Å². The molecular weight excluding hydrogens is 278 g/mol. The van der Waals surface area contributed by atoms with Crippen LogP contribution in [0.25, 0.3) is 0 Å². The van der Waals surface area contributed by atoms with E-state index in [4.69, 9.17) is 4.52 Å². The highest BCUT2D eigenvalue weighted by Crippen LogP contribution is 2.12. The SMILES string of the molecule is Cc1cc(CN2CCN(Cc3ccn(C(C)C)n3)CC2)no1. The van der Waals surface area contributed by atoms with Crippen molar-refractivity contribution >= 4 is 0 Å². The van der Waals surface area contributed by atoms with Crippen LogP contribution in [0.5, 0.6) is 0 Å². The predicted octanol–water partition coefficient (Wildman–Crippen LogP) is 2.08. The molecule has 0 spiro atoms. The number of aromatic nitrogens is 3. The van der Waals surface area contributed by atoms with Crippen LogP contribution in [0, 0.1) is 6.92 Å². The summed E-state index contributed by atoms with van der Waals surface area (Å²) in [5.41, 5.74) is 2.19. The summed E-state index contributed by atoms with van der Waals surface area (Å²) >= 11 is 0. The molecule has 3 heterocycles. The largest absolute Gasteiger partial charge is 0.361 e. The Kier molecular flexibility index (Phi) is 4.59. The fourth-order valence-corrected chi connectivity index (χ4v) is 2.81. The van der Waals surface area contributed by atoms with Crippen molar-refractivity contribution in [2.24, 2.45) is 0 Å². The lowest BCUT2D eigenvalue weighted by Gasteiger charge is -2.33. The van der Waals surface area contributed by atoms with Crippen molar-refractivity contribution in [3.8, 4) is 0 Å². The highest BCUT2D eigenvalue weighted by Gasteiger charge is 2.19. The summed E-state index contributed by atoms with van der Waals surface area (Å²) in [4.78, 5) is 4.90. The van der Waals surface area contributed by atoms with Gasteiger partial charge in [0.25, 0.3) is 0 Å². The zero-order valence-corrected chi connectivity index (χ0v) is 13.7. The molecule has 0 atom stereocenters. The molecule has 1 aliphatic heterocycles. The first-order valence-electron chi connectivity index (χ1n) is 8.01. The molecule has 1 aliphatic rings. The molecule has 0 radical (unpaired) electrons. The van der Waals surface area contributed by atoms with E-state index in [1.807, 2.05) is 17.7 Å². The third-order valence-electron chi connectivity index (χ3n) is 4.11. The molecule has 6 nitrogen and oxygen atoms in total. The van der Waals surface area contributed by atoms with Gasteiger partial charge in [-0.3, -0.25) is 14.5 Å². The Bertz CT molecular complexity index is 595. The first-order valence-corrected chi connectivity index (χ1v) is 8.01. The smallest absolute Gasteiger partial charge is 0.133 e. The van der Waals surface area contributed by atoms with Crippen molar-refractivity contribution in [3.05, 3.63) is 35.5 Å². The number of nitrogens with zero attached hydrogens (tertiary/aromatic N) is 5. The van der Waals surface area contributed by atoms with E-state index in [1.165, 1.54) is 0 Å². The second kappa shape index (κ2) is 6.62. The Balaban J connectivity index is 1.47. The molecular formula is C16H25N5O. The molecule has 0 aromatic carbocycles. The number of hydrogen-bond donors (Lipinski definition) is 0. The van der Waals surface area contributed by atoms with Gasteiger partial charge in [-0.1, -0.05) is 5.16 Å². The fourth-order valence-electron chi connectivity index (χ4n) is 2.81. The fraction of sp³-hybridized carbons (Fsp3) is 0.625. The summed E-state index contributed by atoms with van der Waals surface area (Å²) < 4.78 is 7.16. The van der Waals surface area contributed by atoms with Gasteiger partial charge in [0.05, 0.1) is 11.4 Å². The van der Waals surface area contributed by atoms with Crippen LogP contribution in [-0.2, 0) is 13.1 Å². The molecule has 1 fully saturated rings. The lowest BCUT2D eigenvalue weighted by Crippen LogP contribution is -2.45. The summed E-state index contributed by atoms with van der Waals surface area (Å²) in [6.07, 6.45) is 2.07. The molecule has 22 heavy (non-hydrogen) atoms. The lowest BCUT2D eigenvalue weighted by molar-refractivity contribution is 0.118. The van der Waals surface area contributed by atoms with Crippen LogP contribution < -0.4 is 0 Å². The summed E-state index contributed by atoms with van der Waals surface area (Å²) in [7, 11) is 0. The maximum atomic E-state index is 5.13. The Morgan fingerprint density at radius 1 is 1.09 bits per heavy atom. The van der Waals surface area contributed by atoms with Crippen molar-refractivity contribution in [2.75, 3.05) is 26.2 Å². The molecule has 0 saturated carbocycles. The van der Waals surface area contributed by atoms with E-state index in [-0.39, 0.29) is 0 Å². The van der Waals surface area contributed by atoms with E-state index in [9.17, 15) is 0 Å². The first-order chi connectivity index (χ1) is 10.6. The molecule has 120 valence electrons. The van der Waals surface area contributed by atoms with Gasteiger partial charge in [-0.05, 0) is 26.8 Å². The molecule has 0 aliphatic carbocycles. The molecule has 0 bridgehead atoms. The monoisotopic (exact) mass is 303 g/mol. The van der Waals surface area contributed by atoms with Gasteiger partial charge in [0, 0.05) is 57.6 Å². The number of hydrogen-bond acceptors (Lipinski definition) is 5. The number of rotatable bonds is 5. The Labute approximate surface area is 131 Å². The Morgan fingerprint density at radius 2 is 1.73 bits per heavy atom. The van der Waals surface area contributed by atoms with Crippen LogP contribution in [0.2, 0.25) is 0 Å². The average molecular weight is 303 g/mol. The van der Waals surface area contributed by atoms with Gasteiger partial charge in [0.2, 0.25) is 0 Å². The minimum absolute atomic E-state index is 0.427. The van der Waals surface area contributed by atoms with Crippen LogP contribution in [0.15, 0.2) is 22.9 Å². The van der Waals surface area contributed by atoms with Crippen molar-refractivity contribution in [1.82, 2.24) is 24.7 Å². The first kappa shape index (κ1) is 15.2. The third-order valence-corrected chi connectivity index (χ3v) is 4.11. The van der Waals surface area contributed by atoms with E-state index in [1.54, 1.807) is 0 Å². The standard InChI is InChI=1S/C16H25N5O/c1-13(2)21-5-4-15(17-21)11-19-6-8-20(9-7-19)12-16-10-14(3)22-18-16/h4-5,10,13H,6-9,11-12H2,1-3H3. The van der Waals surface area contributed by atoms with Crippen molar-refractivity contribution < 1.29 is 4.52 Å². The number of aryl methyl sites for hydroxylation is 1. The second-order valence-electron chi connectivity index (χ2n) is 6.36. The maximum Gasteiger partial charge on any atom is 0.133 e. The van der Waals surface area contributed by atoms with Crippen LogP contribution in [0.3, 0.4) is 0 Å². The van der Waals surface area contributed by atoms with Crippen LogP contribution in [-0.4, -0.2) is 50.9 Å². The molecule has 2 aromatic heterocycles. The van der Waals surface area contributed by atoms with Crippen LogP contribution >= 0.6 is 0 Å². The molecule has 1 saturated heterocycles. The zero-order valence-electron chi connectivity index (χ0n) is 13.7. The molecule has 2 aromatic rings. The summed E-state index contributed by atoms with van der Waals surface area (Å²) in [6.45, 7) is 12.3. The minimum atomic E-state index is 0.427. The van der Waals surface area contributed by atoms with Crippen molar-refractivity contribution in [3.63, 3.8) is 0 Å². The quantitative estimate of drug-likeness (QED) is 0.846. The summed E-state index contributed by atoms with van der Waals surface area (Å²) in [5.74, 6) is 0.884. The maximum absolute atomic E-state index is 5.13. The summed E-state index contributed by atoms with van der Waals surface area (Å²) in [5, 5.41) is 8.71. The topological polar surface area (TPSA) is 50.3 Å². The highest BCUT2D eigenvalue weighted by molar-refractivity contribution is 5.04. The Hall–Kier alpha value is -1.66. The third kappa shape index (κ3) is 3.75. The van der Waals surface area contributed by atoms with E-state index >= 15 is 0 Å². The highest BCUT2D eigenvalue weighted by atomic mass is 16.5. The van der Waals surface area contributed by atoms with Gasteiger partial charge in [0.1, 0.15) is 5.76 Å². The van der Waals surface area contributed by atoms with Gasteiger partial charge in [-0.15, -0.1) is 0 Å². The van der Waals surface area contributed by atoms with E-state index < -0.39 is 0 Å². The van der Waals surface area contributed by atoms with Crippen LogP contribution in [0.4, 0.5) is 0 Å². The predicted molar refractivity (Wildman–Crippen MR) is 84.4 cm³/mol. The Morgan fingerprint density at radius 3 is 2.23 bits per heavy atom. The second-order valence-corrected chi connectivity index (χ2v) is 6.36. The normalized spacial score (nSPS) is 17.5.